The molecule has 2 aromatic heterocycles. The lowest BCUT2D eigenvalue weighted by molar-refractivity contribution is 0.0743. The molecule has 2 aromatic carbocycles. The summed E-state index contributed by atoms with van der Waals surface area (Å²) < 4.78 is 0. The van der Waals surface area contributed by atoms with Crippen LogP contribution in [0.3, 0.4) is 0 Å². The Morgan fingerprint density at radius 1 is 1.09 bits per heavy atom. The molecule has 33 heavy (non-hydrogen) atoms. The minimum Gasteiger partial charge on any atom is -0.355 e. The van der Waals surface area contributed by atoms with E-state index in [9.17, 15) is 4.79 Å². The Hall–Kier alpha value is -2.83. The number of benzene rings is 2. The highest BCUT2D eigenvalue weighted by Crippen LogP contribution is 2.46. The fourth-order valence-electron chi connectivity index (χ4n) is 4.28. The third-order valence-electron chi connectivity index (χ3n) is 6.08. The Morgan fingerprint density at radius 2 is 1.85 bits per heavy atom. The molecule has 3 heterocycles. The number of carbonyl (C=O) groups is 1. The average Bonchev–Trinajstić information content (AvgIpc) is 3.22. The molecule has 4 aromatic rings. The fraction of sp³-hybridized carbons (Fsp3) is 0.259. The first kappa shape index (κ1) is 22.0. The van der Waals surface area contributed by atoms with E-state index in [2.05, 4.69) is 80.0 Å². The minimum atomic E-state index is -0.0743. The first-order chi connectivity index (χ1) is 16.1. The van der Waals surface area contributed by atoms with Crippen molar-refractivity contribution >= 4 is 44.9 Å². The number of rotatable bonds is 6. The maximum absolute atomic E-state index is 13.6. The molecule has 1 amide bonds. The molecular formula is C27H27N3OS2. The van der Waals surface area contributed by atoms with Crippen LogP contribution in [-0.4, -0.2) is 34.1 Å². The quantitative estimate of drug-likeness (QED) is 0.320. The molecule has 0 radical (unpaired) electrons. The van der Waals surface area contributed by atoms with Crippen LogP contribution in [0.5, 0.6) is 0 Å². The first-order valence-electron chi connectivity index (χ1n) is 11.3. The number of pyridine rings is 1. The van der Waals surface area contributed by atoms with Gasteiger partial charge < -0.3 is 10.2 Å². The van der Waals surface area contributed by atoms with E-state index in [1.54, 1.807) is 11.8 Å². The van der Waals surface area contributed by atoms with Crippen LogP contribution in [0.15, 0.2) is 60.7 Å². The van der Waals surface area contributed by atoms with Gasteiger partial charge in [-0.15, -0.1) is 23.1 Å². The third-order valence-corrected chi connectivity index (χ3v) is 7.97. The number of nitrogens with zero attached hydrogens (tertiary/aromatic N) is 2. The van der Waals surface area contributed by atoms with Gasteiger partial charge in [0.15, 0.2) is 5.50 Å². The average molecular weight is 474 g/mol. The number of aryl methyl sites for hydroxylation is 1. The lowest BCUT2D eigenvalue weighted by Gasteiger charge is -2.35. The van der Waals surface area contributed by atoms with Gasteiger partial charge >= 0.3 is 0 Å². The molecule has 1 atom stereocenters. The summed E-state index contributed by atoms with van der Waals surface area (Å²) in [5.41, 5.74) is 6.31. The fourth-order valence-corrected chi connectivity index (χ4v) is 6.09. The molecule has 0 saturated carbocycles. The minimum absolute atomic E-state index is 0.0743. The Kier molecular flexibility index (Phi) is 6.13. The normalized spacial score (nSPS) is 15.5. The lowest BCUT2D eigenvalue weighted by Crippen LogP contribution is -2.46. The van der Waals surface area contributed by atoms with Crippen LogP contribution in [0.4, 0.5) is 5.69 Å². The summed E-state index contributed by atoms with van der Waals surface area (Å²) in [6.45, 7) is 5.01. The molecule has 0 fully saturated rings. The highest BCUT2D eigenvalue weighted by Gasteiger charge is 2.35. The van der Waals surface area contributed by atoms with Crippen molar-refractivity contribution in [2.45, 2.75) is 32.2 Å². The maximum Gasteiger partial charge on any atom is 0.268 e. The van der Waals surface area contributed by atoms with Gasteiger partial charge in [0, 0.05) is 17.5 Å². The second-order valence-electron chi connectivity index (χ2n) is 8.36. The van der Waals surface area contributed by atoms with Crippen LogP contribution >= 0.6 is 23.1 Å². The summed E-state index contributed by atoms with van der Waals surface area (Å²) in [6.07, 6.45) is 4.11. The summed E-state index contributed by atoms with van der Waals surface area (Å²) >= 11 is 3.17. The molecule has 1 N–H and O–H groups in total. The van der Waals surface area contributed by atoms with E-state index in [1.165, 1.54) is 16.9 Å². The van der Waals surface area contributed by atoms with E-state index in [-0.39, 0.29) is 11.4 Å². The van der Waals surface area contributed by atoms with Crippen molar-refractivity contribution in [2.24, 2.45) is 0 Å². The number of fused-ring (bicyclic) bond motifs is 3. The second kappa shape index (κ2) is 9.20. The highest BCUT2D eigenvalue weighted by atomic mass is 32.2. The van der Waals surface area contributed by atoms with Crippen LogP contribution in [-0.2, 0) is 0 Å². The summed E-state index contributed by atoms with van der Waals surface area (Å²) in [5.74, 6) is 0.107. The Balaban J connectivity index is 1.73. The van der Waals surface area contributed by atoms with E-state index in [0.717, 1.165) is 62.6 Å². The lowest BCUT2D eigenvalue weighted by atomic mass is 9.99. The third kappa shape index (κ3) is 4.02. The number of unbranched alkanes of at least 4 members (excludes halogenated alkanes) is 1. The highest BCUT2D eigenvalue weighted by molar-refractivity contribution is 7.99. The molecule has 0 spiro atoms. The maximum atomic E-state index is 13.6. The van der Waals surface area contributed by atoms with E-state index < -0.39 is 0 Å². The number of thiophene rings is 1. The van der Waals surface area contributed by atoms with Crippen molar-refractivity contribution in [3.05, 3.63) is 71.1 Å². The number of thioether (sulfide) groups is 1. The number of carbonyl (C=O) groups excluding carboxylic acids is 1. The number of hydrogen-bond donors (Lipinski definition) is 1. The van der Waals surface area contributed by atoms with E-state index in [1.807, 2.05) is 11.0 Å². The summed E-state index contributed by atoms with van der Waals surface area (Å²) in [5, 5.41) is 4.72. The van der Waals surface area contributed by atoms with E-state index in [0.29, 0.717) is 0 Å². The Morgan fingerprint density at radius 3 is 2.55 bits per heavy atom. The van der Waals surface area contributed by atoms with Gasteiger partial charge in [0.1, 0.15) is 9.71 Å². The number of anilines is 1. The van der Waals surface area contributed by atoms with Crippen LogP contribution in [0, 0.1) is 6.92 Å². The Bertz CT molecular complexity index is 1300. The van der Waals surface area contributed by atoms with Crippen molar-refractivity contribution in [3.63, 3.8) is 0 Å². The molecule has 0 saturated heterocycles. The smallest absolute Gasteiger partial charge is 0.268 e. The number of amides is 1. The van der Waals surface area contributed by atoms with Crippen molar-refractivity contribution in [3.8, 4) is 22.4 Å². The van der Waals surface area contributed by atoms with Crippen LogP contribution < -0.4 is 5.32 Å². The first-order valence-corrected chi connectivity index (χ1v) is 13.4. The monoisotopic (exact) mass is 473 g/mol. The van der Waals surface area contributed by atoms with Crippen LogP contribution in [0.1, 0.15) is 35.0 Å². The molecule has 168 valence electrons. The molecule has 5 rings (SSSR count). The molecule has 1 aliphatic heterocycles. The molecule has 1 aliphatic rings. The van der Waals surface area contributed by atoms with Crippen LogP contribution in [0.25, 0.3) is 32.6 Å². The van der Waals surface area contributed by atoms with Crippen molar-refractivity contribution in [1.82, 2.24) is 9.88 Å². The van der Waals surface area contributed by atoms with Crippen molar-refractivity contribution in [2.75, 3.05) is 18.1 Å². The molecule has 4 nitrogen and oxygen atoms in total. The number of nitrogens with one attached hydrogen (secondary N) is 1. The van der Waals surface area contributed by atoms with Crippen LogP contribution in [0.2, 0.25) is 0 Å². The molecule has 6 heteroatoms. The van der Waals surface area contributed by atoms with Crippen molar-refractivity contribution in [1.29, 1.82) is 0 Å². The van der Waals surface area contributed by atoms with Gasteiger partial charge in [-0.1, -0.05) is 73.5 Å². The number of aromatic nitrogens is 1. The molecule has 1 unspecified atom stereocenters. The topological polar surface area (TPSA) is 45.2 Å². The predicted octanol–water partition coefficient (Wildman–Crippen LogP) is 7.25. The molecule has 0 bridgehead atoms. The largest absolute Gasteiger partial charge is 0.355 e. The summed E-state index contributed by atoms with van der Waals surface area (Å²) in [4.78, 5) is 22.2. The molecule has 0 aliphatic carbocycles. The second-order valence-corrected chi connectivity index (χ2v) is 10.3. The summed E-state index contributed by atoms with van der Waals surface area (Å²) in [6, 6.07) is 21.0. The van der Waals surface area contributed by atoms with Gasteiger partial charge in [-0.05, 0) is 36.8 Å². The zero-order valence-corrected chi connectivity index (χ0v) is 20.7. The SMILES string of the molecule is CCCCN1C(=O)c2sc3nc(-c4ccc(C)cc4)cc(-c4ccccc4)c3c2NC1SC. The van der Waals surface area contributed by atoms with Gasteiger partial charge in [0.05, 0.1) is 11.4 Å². The Labute approximate surface area is 203 Å². The number of hydrogen-bond acceptors (Lipinski definition) is 5. The summed E-state index contributed by atoms with van der Waals surface area (Å²) in [7, 11) is 0. The van der Waals surface area contributed by atoms with Gasteiger partial charge in [0.25, 0.3) is 5.91 Å². The van der Waals surface area contributed by atoms with E-state index in [4.69, 9.17) is 4.98 Å². The standard InChI is InChI=1S/C27H27N3OS2/c1-4-5-15-30-26(31)24-23(29-27(30)32-3)22-20(18-9-7-6-8-10-18)16-21(28-25(22)33-24)19-13-11-17(2)12-14-19/h6-14,16,27,29H,4-5,15H2,1-3H3. The zero-order valence-electron chi connectivity index (χ0n) is 19.1. The molecular weight excluding hydrogens is 446 g/mol. The van der Waals surface area contributed by atoms with Gasteiger partial charge in [-0.2, -0.15) is 0 Å². The zero-order chi connectivity index (χ0) is 22.9. The van der Waals surface area contributed by atoms with Gasteiger partial charge in [-0.25, -0.2) is 4.98 Å². The van der Waals surface area contributed by atoms with Crippen molar-refractivity contribution < 1.29 is 4.79 Å². The van der Waals surface area contributed by atoms with E-state index >= 15 is 0 Å². The van der Waals surface area contributed by atoms with Gasteiger partial charge in [0.2, 0.25) is 0 Å². The van der Waals surface area contributed by atoms with Gasteiger partial charge in [-0.3, -0.25) is 4.79 Å². The predicted molar refractivity (Wildman–Crippen MR) is 142 cm³/mol.